The normalized spacial score (nSPS) is 15.4. The first-order valence-corrected chi connectivity index (χ1v) is 9.37. The fraction of sp³-hybridized carbons (Fsp3) is 0.350. The van der Waals surface area contributed by atoms with Crippen LogP contribution in [0.2, 0.25) is 0 Å². The van der Waals surface area contributed by atoms with E-state index in [1.165, 1.54) is 32.9 Å². The number of aliphatic imine (C=N–C) groups is 1. The van der Waals surface area contributed by atoms with Crippen LogP contribution in [0.3, 0.4) is 0 Å². The lowest BCUT2D eigenvalue weighted by molar-refractivity contribution is 0.420. The Labute approximate surface area is 143 Å². The Morgan fingerprint density at radius 1 is 1.00 bits per heavy atom. The summed E-state index contributed by atoms with van der Waals surface area (Å²) in [5.41, 5.74) is 6.67. The van der Waals surface area contributed by atoms with Gasteiger partial charge >= 0.3 is 0 Å². The number of likely N-dealkylation sites (N-methyl/N-ethyl adjacent to an activating group) is 1. The molecule has 120 valence electrons. The molecule has 1 aliphatic carbocycles. The third-order valence-corrected chi connectivity index (χ3v) is 5.16. The van der Waals surface area contributed by atoms with Gasteiger partial charge in [0.05, 0.1) is 12.3 Å². The maximum absolute atomic E-state index is 5.01. The second-order valence-corrected chi connectivity index (χ2v) is 7.03. The summed E-state index contributed by atoms with van der Waals surface area (Å²) in [6, 6.07) is 15.4. The van der Waals surface area contributed by atoms with Crippen molar-refractivity contribution in [2.75, 3.05) is 33.4 Å². The highest BCUT2D eigenvalue weighted by Gasteiger charge is 2.20. The molecule has 0 saturated heterocycles. The van der Waals surface area contributed by atoms with Crippen LogP contribution in [0, 0.1) is 0 Å². The molecule has 0 amide bonds. The molecule has 0 bridgehead atoms. The molecule has 0 atom stereocenters. The third kappa shape index (κ3) is 3.51. The first kappa shape index (κ1) is 16.3. The van der Waals surface area contributed by atoms with Gasteiger partial charge in [0.15, 0.2) is 0 Å². The van der Waals surface area contributed by atoms with Crippen molar-refractivity contribution in [3.8, 4) is 0 Å². The van der Waals surface area contributed by atoms with E-state index in [4.69, 9.17) is 4.99 Å². The molecule has 2 nitrogen and oxygen atoms in total. The van der Waals surface area contributed by atoms with Gasteiger partial charge in [0.25, 0.3) is 0 Å². The predicted octanol–water partition coefficient (Wildman–Crippen LogP) is 3.91. The molecule has 2 aromatic rings. The molecule has 0 aromatic heterocycles. The van der Waals surface area contributed by atoms with Crippen LogP contribution in [0.15, 0.2) is 52.4 Å². The number of fused-ring (bicyclic) bond motifs is 2. The molecular weight excluding hydrogens is 300 g/mol. The Morgan fingerprint density at radius 2 is 1.78 bits per heavy atom. The molecule has 2 aromatic carbocycles. The molecule has 0 aliphatic heterocycles. The molecule has 0 N–H and O–H groups in total. The fourth-order valence-corrected chi connectivity index (χ4v) is 3.82. The van der Waals surface area contributed by atoms with Gasteiger partial charge in [-0.2, -0.15) is 0 Å². The Balaban J connectivity index is 2.12. The summed E-state index contributed by atoms with van der Waals surface area (Å²) in [4.78, 5) is 8.58. The van der Waals surface area contributed by atoms with Crippen LogP contribution in [-0.2, 0) is 12.8 Å². The van der Waals surface area contributed by atoms with E-state index in [2.05, 4.69) is 67.7 Å². The minimum absolute atomic E-state index is 0.833. The molecule has 3 rings (SSSR count). The third-order valence-electron chi connectivity index (χ3n) is 4.34. The van der Waals surface area contributed by atoms with Crippen LogP contribution in [-0.4, -0.2) is 44.1 Å². The van der Waals surface area contributed by atoms with E-state index >= 15 is 0 Å². The molecule has 0 heterocycles. The zero-order valence-corrected chi connectivity index (χ0v) is 15.0. The minimum atomic E-state index is 0.833. The summed E-state index contributed by atoms with van der Waals surface area (Å²) in [5, 5.41) is 0. The monoisotopic (exact) mass is 324 g/mol. The van der Waals surface area contributed by atoms with Crippen molar-refractivity contribution in [3.05, 3.63) is 64.7 Å². The lowest BCUT2D eigenvalue weighted by Gasteiger charge is -2.14. The second kappa shape index (κ2) is 7.33. The van der Waals surface area contributed by atoms with Crippen molar-refractivity contribution in [2.45, 2.75) is 17.7 Å². The number of hydrogen-bond acceptors (Lipinski definition) is 3. The van der Waals surface area contributed by atoms with E-state index in [1.54, 1.807) is 0 Å². The van der Waals surface area contributed by atoms with E-state index in [0.717, 1.165) is 25.9 Å². The Bertz CT molecular complexity index is 719. The van der Waals surface area contributed by atoms with Gasteiger partial charge in [-0.15, -0.1) is 11.8 Å². The van der Waals surface area contributed by atoms with E-state index < -0.39 is 0 Å². The molecule has 0 unspecified atom stereocenters. The van der Waals surface area contributed by atoms with Crippen LogP contribution in [0.1, 0.15) is 22.3 Å². The van der Waals surface area contributed by atoms with Gasteiger partial charge in [-0.25, -0.2) is 0 Å². The maximum Gasteiger partial charge on any atom is 0.0725 e. The Kier molecular flexibility index (Phi) is 5.19. The lowest BCUT2D eigenvalue weighted by Crippen LogP contribution is -2.17. The predicted molar refractivity (Wildman–Crippen MR) is 101 cm³/mol. The van der Waals surface area contributed by atoms with Crippen LogP contribution in [0.5, 0.6) is 0 Å². The van der Waals surface area contributed by atoms with Crippen molar-refractivity contribution in [1.29, 1.82) is 0 Å². The van der Waals surface area contributed by atoms with Crippen molar-refractivity contribution < 1.29 is 0 Å². The SMILES string of the molecule is CSc1cccc2c1CCc1ccccc1/C2=N/CCN(C)C. The van der Waals surface area contributed by atoms with Gasteiger partial charge in [-0.3, -0.25) is 4.99 Å². The van der Waals surface area contributed by atoms with Crippen LogP contribution in [0.4, 0.5) is 0 Å². The van der Waals surface area contributed by atoms with Gasteiger partial charge in [0.2, 0.25) is 0 Å². The van der Waals surface area contributed by atoms with Crippen molar-refractivity contribution >= 4 is 17.5 Å². The van der Waals surface area contributed by atoms with Crippen LogP contribution in [0.25, 0.3) is 0 Å². The Morgan fingerprint density at radius 3 is 2.57 bits per heavy atom. The summed E-state index contributed by atoms with van der Waals surface area (Å²) in [5.74, 6) is 0. The minimum Gasteiger partial charge on any atom is -0.308 e. The maximum atomic E-state index is 5.01. The topological polar surface area (TPSA) is 15.6 Å². The number of hydrogen-bond donors (Lipinski definition) is 0. The smallest absolute Gasteiger partial charge is 0.0725 e. The molecule has 23 heavy (non-hydrogen) atoms. The molecule has 0 spiro atoms. The van der Waals surface area contributed by atoms with Gasteiger partial charge in [0.1, 0.15) is 0 Å². The highest BCUT2D eigenvalue weighted by molar-refractivity contribution is 7.98. The molecule has 3 heteroatoms. The summed E-state index contributed by atoms with van der Waals surface area (Å²) in [6.45, 7) is 1.81. The molecule has 0 radical (unpaired) electrons. The number of benzene rings is 2. The quantitative estimate of drug-likeness (QED) is 0.793. The number of aryl methyl sites for hydroxylation is 1. The van der Waals surface area contributed by atoms with Crippen molar-refractivity contribution in [2.24, 2.45) is 4.99 Å². The zero-order valence-electron chi connectivity index (χ0n) is 14.2. The molecule has 0 fully saturated rings. The van der Waals surface area contributed by atoms with E-state index in [1.807, 2.05) is 11.8 Å². The number of nitrogens with zero attached hydrogens (tertiary/aromatic N) is 2. The average Bonchev–Trinajstić information content (AvgIpc) is 2.72. The standard InChI is InChI=1S/C20H24N2S/c1-22(2)14-13-21-20-16-8-5-4-7-15(16)11-12-17-18(20)9-6-10-19(17)23-3/h4-10H,11-14H2,1-3H3/b21-20-. The van der Waals surface area contributed by atoms with E-state index in [0.29, 0.717) is 0 Å². The van der Waals surface area contributed by atoms with Crippen molar-refractivity contribution in [3.63, 3.8) is 0 Å². The van der Waals surface area contributed by atoms with Crippen LogP contribution >= 0.6 is 11.8 Å². The van der Waals surface area contributed by atoms with Gasteiger partial charge in [-0.05, 0) is 50.4 Å². The number of thioether (sulfide) groups is 1. The zero-order chi connectivity index (χ0) is 16.2. The largest absolute Gasteiger partial charge is 0.308 e. The highest BCUT2D eigenvalue weighted by atomic mass is 32.2. The van der Waals surface area contributed by atoms with Gasteiger partial charge in [-0.1, -0.05) is 36.4 Å². The fourth-order valence-electron chi connectivity index (χ4n) is 3.14. The summed E-state index contributed by atoms with van der Waals surface area (Å²) in [7, 11) is 4.20. The first-order chi connectivity index (χ1) is 11.2. The summed E-state index contributed by atoms with van der Waals surface area (Å²) >= 11 is 1.84. The van der Waals surface area contributed by atoms with E-state index in [9.17, 15) is 0 Å². The average molecular weight is 324 g/mol. The van der Waals surface area contributed by atoms with Gasteiger partial charge < -0.3 is 4.90 Å². The molecule has 1 aliphatic rings. The van der Waals surface area contributed by atoms with Crippen molar-refractivity contribution in [1.82, 2.24) is 4.90 Å². The van der Waals surface area contributed by atoms with E-state index in [-0.39, 0.29) is 0 Å². The lowest BCUT2D eigenvalue weighted by atomic mass is 9.98. The summed E-state index contributed by atoms with van der Waals surface area (Å²) in [6.07, 6.45) is 4.35. The molecule has 0 saturated carbocycles. The molecular formula is C20H24N2S. The number of rotatable bonds is 4. The highest BCUT2D eigenvalue weighted by Crippen LogP contribution is 2.31. The Hall–Kier alpha value is -1.58. The van der Waals surface area contributed by atoms with Crippen LogP contribution < -0.4 is 0 Å². The summed E-state index contributed by atoms with van der Waals surface area (Å²) < 4.78 is 0. The second-order valence-electron chi connectivity index (χ2n) is 6.18. The first-order valence-electron chi connectivity index (χ1n) is 8.14. The van der Waals surface area contributed by atoms with Gasteiger partial charge in [0, 0.05) is 22.6 Å².